The summed E-state index contributed by atoms with van der Waals surface area (Å²) in [6.45, 7) is 2.96. The third-order valence-corrected chi connectivity index (χ3v) is 5.29. The third kappa shape index (κ3) is 3.34. The average Bonchev–Trinajstić information content (AvgIpc) is 3.38. The lowest BCUT2D eigenvalue weighted by molar-refractivity contribution is -0.122. The summed E-state index contributed by atoms with van der Waals surface area (Å²) in [7, 11) is 0. The fraction of sp³-hybridized carbons (Fsp3) is 0.227. The van der Waals surface area contributed by atoms with E-state index in [-0.39, 0.29) is 6.47 Å². The van der Waals surface area contributed by atoms with E-state index in [1.54, 1.807) is 0 Å². The molecule has 6 heteroatoms. The number of rotatable bonds is 2. The number of nitrogens with one attached hydrogen (secondary N) is 2. The van der Waals surface area contributed by atoms with Crippen molar-refractivity contribution in [3.63, 3.8) is 0 Å². The molecule has 142 valence electrons. The SMILES string of the molecule is Cc1c[nH]c2ncc(-c3cc(C4CCCN4)c4cnccc4c3)cc12.O=CO. The maximum absolute atomic E-state index is 8.36. The summed E-state index contributed by atoms with van der Waals surface area (Å²) in [5, 5.41) is 14.2. The molecule has 1 aromatic carbocycles. The van der Waals surface area contributed by atoms with Gasteiger partial charge in [-0.1, -0.05) is 0 Å². The van der Waals surface area contributed by atoms with Crippen molar-refractivity contribution in [1.29, 1.82) is 0 Å². The van der Waals surface area contributed by atoms with Crippen LogP contribution in [0.15, 0.2) is 49.1 Å². The van der Waals surface area contributed by atoms with E-state index in [9.17, 15) is 0 Å². The Bertz CT molecular complexity index is 1130. The lowest BCUT2D eigenvalue weighted by atomic mass is 9.94. The molecule has 0 amide bonds. The molecular weight excluding hydrogens is 352 g/mol. The second kappa shape index (κ2) is 7.78. The van der Waals surface area contributed by atoms with Crippen LogP contribution in [0.5, 0.6) is 0 Å². The summed E-state index contributed by atoms with van der Waals surface area (Å²) in [6.07, 6.45) is 10.3. The van der Waals surface area contributed by atoms with E-state index in [0.717, 1.165) is 17.8 Å². The summed E-state index contributed by atoms with van der Waals surface area (Å²) in [4.78, 5) is 20.5. The number of carbonyl (C=O) groups is 1. The zero-order chi connectivity index (χ0) is 19.5. The smallest absolute Gasteiger partial charge is 0.290 e. The predicted molar refractivity (Wildman–Crippen MR) is 110 cm³/mol. The quantitative estimate of drug-likeness (QED) is 0.457. The highest BCUT2D eigenvalue weighted by Crippen LogP contribution is 2.34. The number of aryl methyl sites for hydroxylation is 1. The van der Waals surface area contributed by atoms with Crippen LogP contribution in [0.4, 0.5) is 0 Å². The van der Waals surface area contributed by atoms with Crippen LogP contribution >= 0.6 is 0 Å². The first-order valence-electron chi connectivity index (χ1n) is 9.34. The number of pyridine rings is 2. The number of hydrogen-bond donors (Lipinski definition) is 3. The van der Waals surface area contributed by atoms with Gasteiger partial charge in [0.1, 0.15) is 5.65 Å². The van der Waals surface area contributed by atoms with Crippen molar-refractivity contribution in [2.75, 3.05) is 6.54 Å². The normalized spacial score (nSPS) is 16.1. The summed E-state index contributed by atoms with van der Waals surface area (Å²) in [5.74, 6) is 0. The van der Waals surface area contributed by atoms with Crippen LogP contribution in [0, 0.1) is 6.92 Å². The fourth-order valence-electron chi connectivity index (χ4n) is 3.92. The van der Waals surface area contributed by atoms with Crippen molar-refractivity contribution >= 4 is 28.3 Å². The first-order valence-corrected chi connectivity index (χ1v) is 9.34. The van der Waals surface area contributed by atoms with E-state index in [2.05, 4.69) is 51.5 Å². The standard InChI is InChI=1S/C21H20N4.CH2O2/c1-13-10-24-21-17(13)9-16(11-25-21)15-7-14-4-6-22-12-19(14)18(8-15)20-3-2-5-23-20;2-1-3/h4,6-12,20,23H,2-3,5H2,1H3,(H,24,25);1H,(H,2,3). The molecule has 0 aliphatic carbocycles. The number of hydrogen-bond acceptors (Lipinski definition) is 4. The second-order valence-electron chi connectivity index (χ2n) is 7.01. The molecule has 1 saturated heterocycles. The van der Waals surface area contributed by atoms with Gasteiger partial charge in [0, 0.05) is 47.2 Å². The maximum Gasteiger partial charge on any atom is 0.290 e. The van der Waals surface area contributed by atoms with Crippen molar-refractivity contribution in [3.05, 3.63) is 60.2 Å². The number of fused-ring (bicyclic) bond motifs is 2. The molecule has 28 heavy (non-hydrogen) atoms. The van der Waals surface area contributed by atoms with E-state index in [4.69, 9.17) is 9.90 Å². The van der Waals surface area contributed by atoms with Gasteiger partial charge in [-0.2, -0.15) is 0 Å². The van der Waals surface area contributed by atoms with Crippen molar-refractivity contribution in [3.8, 4) is 11.1 Å². The number of aromatic amines is 1. The number of nitrogens with zero attached hydrogens (tertiary/aromatic N) is 2. The van der Waals surface area contributed by atoms with Crippen LogP contribution < -0.4 is 5.32 Å². The minimum absolute atomic E-state index is 0.250. The van der Waals surface area contributed by atoms with Crippen LogP contribution in [0.2, 0.25) is 0 Å². The molecule has 1 unspecified atom stereocenters. The summed E-state index contributed by atoms with van der Waals surface area (Å²) >= 11 is 0. The summed E-state index contributed by atoms with van der Waals surface area (Å²) < 4.78 is 0. The molecule has 0 saturated carbocycles. The van der Waals surface area contributed by atoms with Gasteiger partial charge in [-0.05, 0) is 72.7 Å². The molecule has 3 aromatic heterocycles. The topological polar surface area (TPSA) is 90.9 Å². The van der Waals surface area contributed by atoms with Gasteiger partial charge < -0.3 is 15.4 Å². The second-order valence-corrected chi connectivity index (χ2v) is 7.01. The Morgan fingerprint density at radius 1 is 1.18 bits per heavy atom. The van der Waals surface area contributed by atoms with Crippen molar-refractivity contribution in [2.45, 2.75) is 25.8 Å². The van der Waals surface area contributed by atoms with Crippen molar-refractivity contribution < 1.29 is 9.90 Å². The molecule has 6 nitrogen and oxygen atoms in total. The lowest BCUT2D eigenvalue weighted by Crippen LogP contribution is -2.13. The van der Waals surface area contributed by atoms with Crippen LogP contribution in [0.1, 0.15) is 30.0 Å². The van der Waals surface area contributed by atoms with Gasteiger partial charge in [0.15, 0.2) is 0 Å². The Kier molecular flexibility index (Phi) is 5.04. The Morgan fingerprint density at radius 2 is 2.04 bits per heavy atom. The molecule has 0 spiro atoms. The number of carboxylic acid groups (broad SMARTS) is 1. The highest BCUT2D eigenvalue weighted by Gasteiger charge is 2.19. The van der Waals surface area contributed by atoms with E-state index >= 15 is 0 Å². The minimum Gasteiger partial charge on any atom is -0.483 e. The average molecular weight is 374 g/mol. The zero-order valence-electron chi connectivity index (χ0n) is 15.6. The van der Waals surface area contributed by atoms with Gasteiger partial charge in [0.2, 0.25) is 0 Å². The number of H-pyrrole nitrogens is 1. The first-order chi connectivity index (χ1) is 13.7. The van der Waals surface area contributed by atoms with Crippen LogP contribution in [-0.2, 0) is 4.79 Å². The molecule has 5 rings (SSSR count). The molecular formula is C22H22N4O2. The maximum atomic E-state index is 8.36. The van der Waals surface area contributed by atoms with Gasteiger partial charge in [-0.25, -0.2) is 4.98 Å². The lowest BCUT2D eigenvalue weighted by Gasteiger charge is -2.16. The highest BCUT2D eigenvalue weighted by atomic mass is 16.3. The van der Waals surface area contributed by atoms with Gasteiger partial charge in [0.05, 0.1) is 0 Å². The Balaban J connectivity index is 0.000000604. The molecule has 1 fully saturated rings. The largest absolute Gasteiger partial charge is 0.483 e. The molecule has 1 aliphatic rings. The van der Waals surface area contributed by atoms with E-state index < -0.39 is 0 Å². The molecule has 4 aromatic rings. The van der Waals surface area contributed by atoms with Crippen LogP contribution in [-0.4, -0.2) is 33.1 Å². The Labute approximate surface area is 162 Å². The number of aromatic nitrogens is 3. The fourth-order valence-corrected chi connectivity index (χ4v) is 3.92. The Morgan fingerprint density at radius 3 is 2.82 bits per heavy atom. The van der Waals surface area contributed by atoms with Crippen molar-refractivity contribution in [1.82, 2.24) is 20.3 Å². The molecule has 3 N–H and O–H groups in total. The van der Waals surface area contributed by atoms with Crippen LogP contribution in [0.25, 0.3) is 32.9 Å². The van der Waals surface area contributed by atoms with E-state index in [1.165, 1.54) is 45.7 Å². The summed E-state index contributed by atoms with van der Waals surface area (Å²) in [5.41, 5.74) is 5.91. The van der Waals surface area contributed by atoms with Gasteiger partial charge in [-0.15, -0.1) is 0 Å². The minimum atomic E-state index is -0.250. The van der Waals surface area contributed by atoms with E-state index in [0.29, 0.717) is 6.04 Å². The van der Waals surface area contributed by atoms with E-state index in [1.807, 2.05) is 24.8 Å². The zero-order valence-corrected chi connectivity index (χ0v) is 15.6. The Hall–Kier alpha value is -3.25. The molecule has 4 heterocycles. The van der Waals surface area contributed by atoms with Gasteiger partial charge in [0.25, 0.3) is 6.47 Å². The van der Waals surface area contributed by atoms with Gasteiger partial charge in [-0.3, -0.25) is 9.78 Å². The molecule has 1 aliphatic heterocycles. The predicted octanol–water partition coefficient (Wildman–Crippen LogP) is 4.21. The van der Waals surface area contributed by atoms with Gasteiger partial charge >= 0.3 is 0 Å². The van der Waals surface area contributed by atoms with Crippen LogP contribution in [0.3, 0.4) is 0 Å². The summed E-state index contributed by atoms with van der Waals surface area (Å²) in [6, 6.07) is 9.32. The third-order valence-electron chi connectivity index (χ3n) is 5.29. The van der Waals surface area contributed by atoms with Crippen molar-refractivity contribution in [2.24, 2.45) is 0 Å². The first kappa shape index (κ1) is 18.1. The molecule has 0 bridgehead atoms. The number of benzene rings is 1. The monoisotopic (exact) mass is 374 g/mol. The molecule has 0 radical (unpaired) electrons. The highest BCUT2D eigenvalue weighted by molar-refractivity contribution is 5.92. The molecule has 1 atom stereocenters.